The van der Waals surface area contributed by atoms with Crippen LogP contribution in [0.25, 0.3) is 0 Å². The number of rotatable bonds is 5. The standard InChI is InChI=1S/C14H17BrIN3/c1-3-19-9-10(8-18-19)6-14(17-2)12-7-11(16)4-5-13(12)15/h4-5,7-9,14,17H,3,6H2,1-2H3. The summed E-state index contributed by atoms with van der Waals surface area (Å²) in [4.78, 5) is 0. The van der Waals surface area contributed by atoms with Gasteiger partial charge in [0.1, 0.15) is 0 Å². The van der Waals surface area contributed by atoms with E-state index in [0.29, 0.717) is 6.04 Å². The molecule has 0 saturated heterocycles. The fourth-order valence-corrected chi connectivity index (χ4v) is 3.11. The monoisotopic (exact) mass is 433 g/mol. The Balaban J connectivity index is 2.22. The third-order valence-corrected chi connectivity index (χ3v) is 4.53. The van der Waals surface area contributed by atoms with Crippen LogP contribution >= 0.6 is 38.5 Å². The third kappa shape index (κ3) is 3.79. The molecule has 0 bridgehead atoms. The van der Waals surface area contributed by atoms with Crippen molar-refractivity contribution in [1.82, 2.24) is 15.1 Å². The van der Waals surface area contributed by atoms with Crippen LogP contribution in [0.2, 0.25) is 0 Å². The molecule has 2 rings (SSSR count). The first-order valence-electron chi connectivity index (χ1n) is 6.27. The summed E-state index contributed by atoms with van der Waals surface area (Å²) in [5.41, 5.74) is 2.55. The normalized spacial score (nSPS) is 12.6. The van der Waals surface area contributed by atoms with E-state index in [1.807, 2.05) is 17.9 Å². The van der Waals surface area contributed by atoms with Gasteiger partial charge < -0.3 is 5.32 Å². The van der Waals surface area contributed by atoms with Crippen LogP contribution in [0.1, 0.15) is 24.1 Å². The van der Waals surface area contributed by atoms with Crippen molar-refractivity contribution in [1.29, 1.82) is 0 Å². The number of likely N-dealkylation sites (N-methyl/N-ethyl adjacent to an activating group) is 1. The van der Waals surface area contributed by atoms with Crippen molar-refractivity contribution in [3.05, 3.63) is 49.8 Å². The topological polar surface area (TPSA) is 29.9 Å². The lowest BCUT2D eigenvalue weighted by Gasteiger charge is -2.18. The quantitative estimate of drug-likeness (QED) is 0.727. The summed E-state index contributed by atoms with van der Waals surface area (Å²) >= 11 is 5.99. The summed E-state index contributed by atoms with van der Waals surface area (Å²) < 4.78 is 4.36. The molecule has 1 unspecified atom stereocenters. The minimum absolute atomic E-state index is 0.290. The maximum Gasteiger partial charge on any atom is 0.0522 e. The van der Waals surface area contributed by atoms with Crippen molar-refractivity contribution in [2.24, 2.45) is 0 Å². The summed E-state index contributed by atoms with van der Waals surface area (Å²) in [6.45, 7) is 3.01. The van der Waals surface area contributed by atoms with Crippen LogP contribution in [0.5, 0.6) is 0 Å². The minimum Gasteiger partial charge on any atom is -0.313 e. The highest BCUT2D eigenvalue weighted by molar-refractivity contribution is 14.1. The van der Waals surface area contributed by atoms with E-state index in [9.17, 15) is 0 Å². The van der Waals surface area contributed by atoms with E-state index in [1.54, 1.807) is 0 Å². The van der Waals surface area contributed by atoms with Crippen molar-refractivity contribution in [2.75, 3.05) is 7.05 Å². The Bertz CT molecular complexity index is 553. The van der Waals surface area contributed by atoms with Crippen molar-refractivity contribution >= 4 is 38.5 Å². The maximum absolute atomic E-state index is 4.33. The second-order valence-electron chi connectivity index (χ2n) is 4.42. The predicted octanol–water partition coefficient (Wildman–Crippen LogP) is 3.77. The van der Waals surface area contributed by atoms with Crippen molar-refractivity contribution < 1.29 is 0 Å². The number of hydrogen-bond acceptors (Lipinski definition) is 2. The number of aromatic nitrogens is 2. The molecule has 0 aliphatic heterocycles. The van der Waals surface area contributed by atoms with Gasteiger partial charge in [-0.15, -0.1) is 0 Å². The molecule has 3 nitrogen and oxygen atoms in total. The van der Waals surface area contributed by atoms with Gasteiger partial charge in [-0.2, -0.15) is 5.10 Å². The zero-order valence-electron chi connectivity index (χ0n) is 11.0. The van der Waals surface area contributed by atoms with Crippen LogP contribution < -0.4 is 5.32 Å². The molecule has 1 aromatic heterocycles. The lowest BCUT2D eigenvalue weighted by atomic mass is 10.0. The summed E-state index contributed by atoms with van der Waals surface area (Å²) in [5, 5.41) is 7.72. The van der Waals surface area contributed by atoms with E-state index in [1.165, 1.54) is 14.7 Å². The molecule has 0 amide bonds. The number of benzene rings is 1. The summed E-state index contributed by atoms with van der Waals surface area (Å²) in [7, 11) is 2.00. The van der Waals surface area contributed by atoms with Gasteiger partial charge in [0.25, 0.3) is 0 Å². The fourth-order valence-electron chi connectivity index (χ4n) is 2.07. The predicted molar refractivity (Wildman–Crippen MR) is 90.3 cm³/mol. The lowest BCUT2D eigenvalue weighted by Crippen LogP contribution is -2.19. The molecule has 1 heterocycles. The van der Waals surface area contributed by atoms with Gasteiger partial charge in [0.15, 0.2) is 0 Å². The molecular weight excluding hydrogens is 417 g/mol. The van der Waals surface area contributed by atoms with Crippen molar-refractivity contribution in [3.63, 3.8) is 0 Å². The van der Waals surface area contributed by atoms with E-state index < -0.39 is 0 Å². The smallest absolute Gasteiger partial charge is 0.0522 e. The molecule has 1 aromatic carbocycles. The van der Waals surface area contributed by atoms with E-state index in [4.69, 9.17) is 0 Å². The second-order valence-corrected chi connectivity index (χ2v) is 6.52. The van der Waals surface area contributed by atoms with Crippen molar-refractivity contribution in [2.45, 2.75) is 25.9 Å². The molecule has 0 aliphatic rings. The first-order chi connectivity index (χ1) is 9.13. The molecule has 0 saturated carbocycles. The Kier molecular flexibility index (Phi) is 5.41. The molecule has 0 radical (unpaired) electrons. The SMILES string of the molecule is CCn1cc(CC(NC)c2cc(I)ccc2Br)cn1. The molecule has 0 spiro atoms. The number of nitrogens with zero attached hydrogens (tertiary/aromatic N) is 2. The average molecular weight is 434 g/mol. The summed E-state index contributed by atoms with van der Waals surface area (Å²) in [6, 6.07) is 6.72. The Morgan fingerprint density at radius 1 is 1.47 bits per heavy atom. The molecule has 0 aliphatic carbocycles. The van der Waals surface area contributed by atoms with Crippen LogP contribution in [-0.2, 0) is 13.0 Å². The first kappa shape index (κ1) is 15.0. The fraction of sp³-hybridized carbons (Fsp3) is 0.357. The van der Waals surface area contributed by atoms with Crippen LogP contribution in [0.3, 0.4) is 0 Å². The van der Waals surface area contributed by atoms with Gasteiger partial charge in [0, 0.05) is 26.8 Å². The van der Waals surface area contributed by atoms with Crippen molar-refractivity contribution in [3.8, 4) is 0 Å². The van der Waals surface area contributed by atoms with E-state index in [0.717, 1.165) is 17.4 Å². The molecule has 19 heavy (non-hydrogen) atoms. The zero-order valence-corrected chi connectivity index (χ0v) is 14.8. The Labute approximate surface area is 136 Å². The number of nitrogens with one attached hydrogen (secondary N) is 1. The average Bonchev–Trinajstić information content (AvgIpc) is 2.87. The molecule has 5 heteroatoms. The molecular formula is C14H17BrIN3. The van der Waals surface area contributed by atoms with Gasteiger partial charge in [-0.25, -0.2) is 0 Å². The summed E-state index contributed by atoms with van der Waals surface area (Å²) in [5.74, 6) is 0. The third-order valence-electron chi connectivity index (χ3n) is 3.13. The maximum atomic E-state index is 4.33. The molecule has 1 atom stereocenters. The summed E-state index contributed by atoms with van der Waals surface area (Å²) in [6.07, 6.45) is 5.01. The molecule has 1 N–H and O–H groups in total. The van der Waals surface area contributed by atoms with E-state index in [-0.39, 0.29) is 0 Å². The molecule has 0 fully saturated rings. The molecule has 2 aromatic rings. The van der Waals surface area contributed by atoms with Gasteiger partial charge in [0.2, 0.25) is 0 Å². The van der Waals surface area contributed by atoms with Crippen LogP contribution in [0.15, 0.2) is 35.1 Å². The Morgan fingerprint density at radius 2 is 2.26 bits per heavy atom. The van der Waals surface area contributed by atoms with Gasteiger partial charge >= 0.3 is 0 Å². The van der Waals surface area contributed by atoms with Gasteiger partial charge in [-0.05, 0) is 72.3 Å². The van der Waals surface area contributed by atoms with Gasteiger partial charge in [-0.1, -0.05) is 15.9 Å². The van der Waals surface area contributed by atoms with E-state index in [2.05, 4.69) is 80.3 Å². The zero-order chi connectivity index (χ0) is 13.8. The largest absolute Gasteiger partial charge is 0.313 e. The highest BCUT2D eigenvalue weighted by atomic mass is 127. The number of aryl methyl sites for hydroxylation is 1. The molecule has 102 valence electrons. The Hall–Kier alpha value is -0.400. The van der Waals surface area contributed by atoms with Crippen LogP contribution in [-0.4, -0.2) is 16.8 Å². The highest BCUT2D eigenvalue weighted by Gasteiger charge is 2.14. The minimum atomic E-state index is 0.290. The number of halogens is 2. The Morgan fingerprint density at radius 3 is 2.89 bits per heavy atom. The van der Waals surface area contributed by atoms with Gasteiger partial charge in [-0.3, -0.25) is 4.68 Å². The highest BCUT2D eigenvalue weighted by Crippen LogP contribution is 2.27. The number of hydrogen-bond donors (Lipinski definition) is 1. The van der Waals surface area contributed by atoms with Gasteiger partial charge in [0.05, 0.1) is 6.20 Å². The first-order valence-corrected chi connectivity index (χ1v) is 8.14. The van der Waals surface area contributed by atoms with Crippen LogP contribution in [0, 0.1) is 3.57 Å². The second kappa shape index (κ2) is 6.85. The van der Waals surface area contributed by atoms with E-state index >= 15 is 0 Å². The lowest BCUT2D eigenvalue weighted by molar-refractivity contribution is 0.588. The van der Waals surface area contributed by atoms with Crippen LogP contribution in [0.4, 0.5) is 0 Å².